The van der Waals surface area contributed by atoms with E-state index in [9.17, 15) is 0 Å². The number of fused-ring (bicyclic) bond motifs is 12. The average molecular weight is 792 g/mol. The summed E-state index contributed by atoms with van der Waals surface area (Å²) in [7, 11) is 0. The highest BCUT2D eigenvalue weighted by Crippen LogP contribution is 2.54. The number of hydrogen-bond acceptors (Lipinski definition) is 2. The Labute approximate surface area is 361 Å². The quantitative estimate of drug-likeness (QED) is 0.177. The van der Waals surface area contributed by atoms with Crippen LogP contribution in [0.5, 0.6) is 0 Å². The summed E-state index contributed by atoms with van der Waals surface area (Å²) in [6.07, 6.45) is 0. The van der Waals surface area contributed by atoms with Gasteiger partial charge in [0.25, 0.3) is 0 Å². The Balaban J connectivity index is 1.11. The van der Waals surface area contributed by atoms with Crippen molar-refractivity contribution in [2.24, 2.45) is 0 Å². The number of benzene rings is 10. The standard InChI is InChI=1S/C59H41N3/c1-59(2)51-32-30-44-36-49(51)50-37-45(31-33-52(50)59)61(43-21-10-19-41(35-43)40-18-9-20-42(34-40)60(44)53-26-11-16-38-14-3-5-22-46(38)53)56-28-13-29-57-58(56)48-24-7-8-25-55(48)62(57)54-27-12-17-39-15-4-6-23-47(39)54/h3-37H,1-2H3. The van der Waals surface area contributed by atoms with E-state index in [0.717, 1.165) is 45.3 Å². The van der Waals surface area contributed by atoms with Crippen molar-refractivity contribution < 1.29 is 0 Å². The molecule has 0 N–H and O–H groups in total. The van der Waals surface area contributed by atoms with Gasteiger partial charge in [-0.15, -0.1) is 0 Å². The van der Waals surface area contributed by atoms with Crippen molar-refractivity contribution in [2.45, 2.75) is 19.3 Å². The van der Waals surface area contributed by atoms with Crippen molar-refractivity contribution in [3.63, 3.8) is 0 Å². The van der Waals surface area contributed by atoms with Crippen molar-refractivity contribution >= 4 is 77.5 Å². The molecule has 0 spiro atoms. The molecule has 0 radical (unpaired) electrons. The number of para-hydroxylation sites is 1. The molecule has 0 fully saturated rings. The van der Waals surface area contributed by atoms with Gasteiger partial charge in [-0.05, 0) is 123 Å². The number of aromatic nitrogens is 1. The van der Waals surface area contributed by atoms with E-state index in [1.807, 2.05) is 0 Å². The van der Waals surface area contributed by atoms with Crippen LogP contribution in [0.3, 0.4) is 0 Å². The molecule has 2 aliphatic rings. The lowest BCUT2D eigenvalue weighted by Crippen LogP contribution is -2.16. The fraction of sp³-hybridized carbons (Fsp3) is 0.0508. The highest BCUT2D eigenvalue weighted by molar-refractivity contribution is 6.17. The first-order valence-corrected chi connectivity index (χ1v) is 21.6. The molecule has 1 aliphatic heterocycles. The van der Waals surface area contributed by atoms with Gasteiger partial charge in [0.1, 0.15) is 0 Å². The zero-order chi connectivity index (χ0) is 41.1. The van der Waals surface area contributed by atoms with Crippen LogP contribution >= 0.6 is 0 Å². The molecule has 0 saturated heterocycles. The molecule has 1 aromatic heterocycles. The molecule has 1 aliphatic carbocycles. The van der Waals surface area contributed by atoms with E-state index in [1.165, 1.54) is 71.3 Å². The summed E-state index contributed by atoms with van der Waals surface area (Å²) in [4.78, 5) is 4.95. The van der Waals surface area contributed by atoms with Gasteiger partial charge < -0.3 is 14.4 Å². The second kappa shape index (κ2) is 13.1. The van der Waals surface area contributed by atoms with Crippen LogP contribution in [-0.4, -0.2) is 4.57 Å². The maximum atomic E-state index is 2.50. The summed E-state index contributed by atoms with van der Waals surface area (Å²) in [5, 5.41) is 7.35. The largest absolute Gasteiger partial charge is 0.310 e. The summed E-state index contributed by atoms with van der Waals surface area (Å²) in [6.45, 7) is 4.75. The van der Waals surface area contributed by atoms with Gasteiger partial charge in [-0.3, -0.25) is 0 Å². The Morgan fingerprint density at radius 1 is 0.339 bits per heavy atom. The fourth-order valence-electron chi connectivity index (χ4n) is 10.8. The molecule has 0 saturated carbocycles. The molecular weight excluding hydrogens is 751 g/mol. The summed E-state index contributed by atoms with van der Waals surface area (Å²) in [5.74, 6) is 0. The lowest BCUT2D eigenvalue weighted by molar-refractivity contribution is 0.660. The lowest BCUT2D eigenvalue weighted by Gasteiger charge is -2.29. The minimum atomic E-state index is -0.170. The maximum Gasteiger partial charge on any atom is 0.0562 e. The summed E-state index contributed by atoms with van der Waals surface area (Å²) >= 11 is 0. The predicted octanol–water partition coefficient (Wildman–Crippen LogP) is 16.3. The van der Waals surface area contributed by atoms with Crippen LogP contribution < -0.4 is 9.80 Å². The van der Waals surface area contributed by atoms with Gasteiger partial charge >= 0.3 is 0 Å². The number of nitrogens with zero attached hydrogens (tertiary/aromatic N) is 3. The number of anilines is 6. The van der Waals surface area contributed by atoms with Crippen LogP contribution in [0.2, 0.25) is 0 Å². The first kappa shape index (κ1) is 34.9. The van der Waals surface area contributed by atoms with E-state index in [-0.39, 0.29) is 5.41 Å². The van der Waals surface area contributed by atoms with Gasteiger partial charge in [-0.2, -0.15) is 0 Å². The predicted molar refractivity (Wildman–Crippen MR) is 262 cm³/mol. The maximum absolute atomic E-state index is 2.50. The third-order valence-corrected chi connectivity index (χ3v) is 13.6. The zero-order valence-electron chi connectivity index (χ0n) is 34.5. The smallest absolute Gasteiger partial charge is 0.0562 e. The van der Waals surface area contributed by atoms with Crippen LogP contribution in [0.1, 0.15) is 25.0 Å². The Morgan fingerprint density at radius 2 is 0.790 bits per heavy atom. The molecule has 0 atom stereocenters. The van der Waals surface area contributed by atoms with Gasteiger partial charge in [0.15, 0.2) is 0 Å². The second-order valence-electron chi connectivity index (χ2n) is 17.4. The van der Waals surface area contributed by atoms with Gasteiger partial charge in [0.05, 0.1) is 28.1 Å². The summed E-state index contributed by atoms with van der Waals surface area (Å²) < 4.78 is 2.47. The van der Waals surface area contributed by atoms with Gasteiger partial charge in [0.2, 0.25) is 0 Å². The lowest BCUT2D eigenvalue weighted by atomic mass is 9.82. The SMILES string of the molecule is CC1(C)c2ccc3cc2-c2cc(ccc21)N(c1cccc2c1c1ccccc1n2-c1cccc2ccccc12)c1cccc(c1)-c1cccc(c1)N3c1cccc2ccccc12. The van der Waals surface area contributed by atoms with Crippen LogP contribution in [-0.2, 0) is 5.41 Å². The fourth-order valence-corrected chi connectivity index (χ4v) is 10.8. The van der Waals surface area contributed by atoms with Crippen molar-refractivity contribution in [3.05, 3.63) is 223 Å². The Bertz CT molecular complexity index is 3630. The average Bonchev–Trinajstić information content (AvgIpc) is 3.77. The van der Waals surface area contributed by atoms with E-state index in [1.54, 1.807) is 0 Å². The molecule has 0 unspecified atom stereocenters. The minimum Gasteiger partial charge on any atom is -0.310 e. The van der Waals surface area contributed by atoms with Crippen LogP contribution in [0.25, 0.3) is 71.3 Å². The molecule has 3 nitrogen and oxygen atoms in total. The van der Waals surface area contributed by atoms with Gasteiger partial charge in [-0.1, -0.05) is 147 Å². The minimum absolute atomic E-state index is 0.170. The molecule has 3 heteroatoms. The molecule has 292 valence electrons. The van der Waals surface area contributed by atoms with Crippen LogP contribution in [0.4, 0.5) is 34.1 Å². The Kier molecular flexibility index (Phi) is 7.36. The zero-order valence-corrected chi connectivity index (χ0v) is 34.5. The van der Waals surface area contributed by atoms with Crippen LogP contribution in [0, 0.1) is 0 Å². The highest BCUT2D eigenvalue weighted by atomic mass is 15.2. The topological polar surface area (TPSA) is 11.4 Å². The van der Waals surface area contributed by atoms with E-state index in [4.69, 9.17) is 0 Å². The summed E-state index contributed by atoms with van der Waals surface area (Å²) in [6, 6.07) is 79.0. The molecule has 11 aromatic rings. The molecule has 13 rings (SSSR count). The second-order valence-corrected chi connectivity index (χ2v) is 17.4. The molecule has 10 aromatic carbocycles. The van der Waals surface area contributed by atoms with Crippen molar-refractivity contribution in [1.29, 1.82) is 0 Å². The highest BCUT2D eigenvalue weighted by Gasteiger charge is 2.37. The van der Waals surface area contributed by atoms with E-state index >= 15 is 0 Å². The molecular formula is C59H41N3. The van der Waals surface area contributed by atoms with Gasteiger partial charge in [-0.25, -0.2) is 0 Å². The molecule has 62 heavy (non-hydrogen) atoms. The van der Waals surface area contributed by atoms with Gasteiger partial charge in [0, 0.05) is 49.7 Å². The van der Waals surface area contributed by atoms with Crippen molar-refractivity contribution in [1.82, 2.24) is 4.57 Å². The van der Waals surface area contributed by atoms with E-state index < -0.39 is 0 Å². The van der Waals surface area contributed by atoms with Crippen LogP contribution in [0.15, 0.2) is 212 Å². The molecule has 2 heterocycles. The molecule has 0 amide bonds. The monoisotopic (exact) mass is 791 g/mol. The van der Waals surface area contributed by atoms with Crippen molar-refractivity contribution in [3.8, 4) is 27.9 Å². The van der Waals surface area contributed by atoms with E-state index in [2.05, 4.69) is 241 Å². The number of rotatable bonds is 3. The third kappa shape index (κ3) is 5.00. The third-order valence-electron chi connectivity index (χ3n) is 13.6. The summed E-state index contributed by atoms with van der Waals surface area (Å²) in [5.41, 5.74) is 17.7. The Hall–Kier alpha value is -7.88. The molecule has 8 bridgehead atoms. The first-order valence-electron chi connectivity index (χ1n) is 21.6. The van der Waals surface area contributed by atoms with E-state index in [0.29, 0.717) is 0 Å². The van der Waals surface area contributed by atoms with Crippen molar-refractivity contribution in [2.75, 3.05) is 9.80 Å². The normalized spacial score (nSPS) is 13.7. The number of hydrogen-bond donors (Lipinski definition) is 0. The Morgan fingerprint density at radius 3 is 1.44 bits per heavy atom. The first-order chi connectivity index (χ1) is 30.5.